The Morgan fingerprint density at radius 3 is 2.58 bits per heavy atom. The predicted octanol–water partition coefficient (Wildman–Crippen LogP) is 2.80. The first-order valence-electron chi connectivity index (χ1n) is 10.5. The number of hydrogen-bond acceptors (Lipinski definition) is 6. The highest BCUT2D eigenvalue weighted by molar-refractivity contribution is 6.04. The summed E-state index contributed by atoms with van der Waals surface area (Å²) < 4.78 is 11.0. The molecule has 2 amide bonds. The molecule has 1 saturated heterocycles. The minimum Gasteiger partial charge on any atom is -0.497 e. The molecule has 2 aromatic carbocycles. The van der Waals surface area contributed by atoms with Crippen LogP contribution in [-0.2, 0) is 16.1 Å². The number of aliphatic hydroxyl groups excluding tert-OH is 1. The molecule has 170 valence electrons. The molecule has 33 heavy (non-hydrogen) atoms. The fourth-order valence-electron chi connectivity index (χ4n) is 3.81. The highest BCUT2D eigenvalue weighted by Crippen LogP contribution is 2.31. The van der Waals surface area contributed by atoms with E-state index in [1.807, 2.05) is 36.4 Å². The zero-order chi connectivity index (χ0) is 23.2. The third kappa shape index (κ3) is 5.19. The van der Waals surface area contributed by atoms with E-state index in [0.717, 1.165) is 16.9 Å². The minimum absolute atomic E-state index is 0.0726. The number of aromatic nitrogens is 1. The van der Waals surface area contributed by atoms with Crippen LogP contribution in [0.1, 0.15) is 27.6 Å². The van der Waals surface area contributed by atoms with E-state index in [1.165, 1.54) is 6.20 Å². The van der Waals surface area contributed by atoms with Gasteiger partial charge >= 0.3 is 0 Å². The van der Waals surface area contributed by atoms with Gasteiger partial charge in [-0.25, -0.2) is 0 Å². The lowest BCUT2D eigenvalue weighted by Crippen LogP contribution is -2.52. The van der Waals surface area contributed by atoms with Crippen molar-refractivity contribution in [3.05, 3.63) is 89.7 Å². The topological polar surface area (TPSA) is 101 Å². The van der Waals surface area contributed by atoms with E-state index in [9.17, 15) is 14.7 Å². The van der Waals surface area contributed by atoms with Gasteiger partial charge in [-0.05, 0) is 47.5 Å². The van der Waals surface area contributed by atoms with Crippen molar-refractivity contribution in [1.82, 2.24) is 9.88 Å². The van der Waals surface area contributed by atoms with Crippen molar-refractivity contribution in [2.75, 3.05) is 25.6 Å². The van der Waals surface area contributed by atoms with E-state index >= 15 is 0 Å². The molecule has 2 N–H and O–H groups in total. The van der Waals surface area contributed by atoms with Crippen LogP contribution < -0.4 is 10.1 Å². The highest BCUT2D eigenvalue weighted by atomic mass is 16.5. The van der Waals surface area contributed by atoms with E-state index in [-0.39, 0.29) is 25.0 Å². The van der Waals surface area contributed by atoms with Crippen LogP contribution in [0.5, 0.6) is 5.75 Å². The van der Waals surface area contributed by atoms with E-state index in [2.05, 4.69) is 10.3 Å². The molecular formula is C25H25N3O5. The lowest BCUT2D eigenvalue weighted by molar-refractivity contribution is -0.162. The van der Waals surface area contributed by atoms with Gasteiger partial charge in [0.25, 0.3) is 5.91 Å². The van der Waals surface area contributed by atoms with Gasteiger partial charge in [0, 0.05) is 24.6 Å². The Balaban J connectivity index is 1.47. The highest BCUT2D eigenvalue weighted by Gasteiger charge is 2.37. The third-order valence-electron chi connectivity index (χ3n) is 5.58. The van der Waals surface area contributed by atoms with Crippen LogP contribution in [0, 0.1) is 0 Å². The number of carbonyl (C=O) groups excluding carboxylic acids is 2. The second-order valence-corrected chi connectivity index (χ2v) is 7.67. The summed E-state index contributed by atoms with van der Waals surface area (Å²) in [6.07, 6.45) is 2.62. The maximum absolute atomic E-state index is 12.6. The van der Waals surface area contributed by atoms with Crippen LogP contribution in [0.3, 0.4) is 0 Å². The van der Waals surface area contributed by atoms with E-state index in [4.69, 9.17) is 9.47 Å². The molecule has 0 radical (unpaired) electrons. The minimum atomic E-state index is -0.538. The molecule has 8 nitrogen and oxygen atoms in total. The molecule has 0 aliphatic carbocycles. The smallest absolute Gasteiger partial charge is 0.257 e. The zero-order valence-electron chi connectivity index (χ0n) is 18.2. The lowest BCUT2D eigenvalue weighted by Gasteiger charge is -2.40. The quantitative estimate of drug-likeness (QED) is 0.578. The molecule has 2 heterocycles. The SMILES string of the molecule is COc1ccc(CN2C(=O)CO[C@H](c3ccc(NC(=O)c4cccnc4)cc3)[C@H]2CO)cc1. The summed E-state index contributed by atoms with van der Waals surface area (Å²) >= 11 is 0. The molecule has 4 rings (SSSR count). The Morgan fingerprint density at radius 1 is 1.18 bits per heavy atom. The van der Waals surface area contributed by atoms with Crippen LogP contribution >= 0.6 is 0 Å². The van der Waals surface area contributed by atoms with Gasteiger partial charge < -0.3 is 24.8 Å². The number of ether oxygens (including phenoxy) is 2. The Hall–Kier alpha value is -3.75. The largest absolute Gasteiger partial charge is 0.497 e. The molecule has 1 aromatic heterocycles. The standard InChI is InChI=1S/C25H25N3O5/c1-32-21-10-4-17(5-11-21)14-28-22(15-29)24(33-16-23(28)30)18-6-8-20(9-7-18)27-25(31)19-3-2-12-26-13-19/h2-13,22,24,29H,14-16H2,1H3,(H,27,31)/t22-,24-/m1/s1. The molecule has 1 fully saturated rings. The molecule has 2 atom stereocenters. The van der Waals surface area contributed by atoms with Crippen LogP contribution in [0.25, 0.3) is 0 Å². The Kier molecular flexibility index (Phi) is 6.97. The average molecular weight is 447 g/mol. The number of rotatable bonds is 7. The number of morpholine rings is 1. The average Bonchev–Trinajstić information content (AvgIpc) is 2.86. The number of nitrogens with one attached hydrogen (secondary N) is 1. The van der Waals surface area contributed by atoms with Crippen molar-refractivity contribution >= 4 is 17.5 Å². The summed E-state index contributed by atoms with van der Waals surface area (Å²) in [5.41, 5.74) is 2.82. The summed E-state index contributed by atoms with van der Waals surface area (Å²) in [6, 6.07) is 17.5. The summed E-state index contributed by atoms with van der Waals surface area (Å²) in [5.74, 6) is 0.301. The van der Waals surface area contributed by atoms with Gasteiger partial charge in [-0.2, -0.15) is 0 Å². The van der Waals surface area contributed by atoms with Gasteiger partial charge in [0.15, 0.2) is 0 Å². The number of amides is 2. The maximum atomic E-state index is 12.6. The molecule has 0 bridgehead atoms. The third-order valence-corrected chi connectivity index (χ3v) is 5.58. The number of pyridine rings is 1. The van der Waals surface area contributed by atoms with Crippen LogP contribution in [-0.4, -0.2) is 53.2 Å². The summed E-state index contributed by atoms with van der Waals surface area (Å²) in [5, 5.41) is 12.9. The molecule has 1 aliphatic heterocycles. The van der Waals surface area contributed by atoms with E-state index in [0.29, 0.717) is 17.8 Å². The van der Waals surface area contributed by atoms with Crippen molar-refractivity contribution in [2.45, 2.75) is 18.7 Å². The van der Waals surface area contributed by atoms with Crippen molar-refractivity contribution in [1.29, 1.82) is 0 Å². The second kappa shape index (κ2) is 10.2. The van der Waals surface area contributed by atoms with Crippen LogP contribution in [0.4, 0.5) is 5.69 Å². The van der Waals surface area contributed by atoms with Crippen molar-refractivity contribution < 1.29 is 24.2 Å². The molecule has 0 saturated carbocycles. The maximum Gasteiger partial charge on any atom is 0.257 e. The normalized spacial score (nSPS) is 18.1. The first kappa shape index (κ1) is 22.4. The Labute approximate surface area is 191 Å². The fourth-order valence-corrected chi connectivity index (χ4v) is 3.81. The van der Waals surface area contributed by atoms with Gasteiger partial charge in [0.2, 0.25) is 5.91 Å². The summed E-state index contributed by atoms with van der Waals surface area (Å²) in [7, 11) is 1.60. The Morgan fingerprint density at radius 2 is 1.94 bits per heavy atom. The summed E-state index contributed by atoms with van der Waals surface area (Å²) in [4.78, 5) is 30.5. The number of anilines is 1. The first-order valence-corrected chi connectivity index (χ1v) is 10.5. The van der Waals surface area contributed by atoms with Gasteiger partial charge in [0.1, 0.15) is 18.5 Å². The molecule has 8 heteroatoms. The van der Waals surface area contributed by atoms with E-state index in [1.54, 1.807) is 42.5 Å². The van der Waals surface area contributed by atoms with Crippen molar-refractivity contribution in [3.8, 4) is 5.75 Å². The van der Waals surface area contributed by atoms with E-state index < -0.39 is 12.1 Å². The molecule has 0 spiro atoms. The number of carbonyl (C=O) groups is 2. The van der Waals surface area contributed by atoms with Gasteiger partial charge in [-0.15, -0.1) is 0 Å². The predicted molar refractivity (Wildman–Crippen MR) is 122 cm³/mol. The lowest BCUT2D eigenvalue weighted by atomic mass is 9.98. The number of aliphatic hydroxyl groups is 1. The number of nitrogens with zero attached hydrogens (tertiary/aromatic N) is 2. The monoisotopic (exact) mass is 447 g/mol. The number of benzene rings is 2. The number of hydrogen-bond donors (Lipinski definition) is 2. The molecular weight excluding hydrogens is 422 g/mol. The van der Waals surface area contributed by atoms with Crippen molar-refractivity contribution in [2.24, 2.45) is 0 Å². The first-order chi connectivity index (χ1) is 16.1. The molecule has 0 unspecified atom stereocenters. The van der Waals surface area contributed by atoms with Crippen LogP contribution in [0.2, 0.25) is 0 Å². The summed E-state index contributed by atoms with van der Waals surface area (Å²) in [6.45, 7) is 0.0377. The number of methoxy groups -OCH3 is 1. The van der Waals surface area contributed by atoms with Gasteiger partial charge in [-0.3, -0.25) is 14.6 Å². The Bertz CT molecular complexity index is 1090. The fraction of sp³-hybridized carbons (Fsp3) is 0.240. The molecule has 1 aliphatic rings. The van der Waals surface area contributed by atoms with Gasteiger partial charge in [0.05, 0.1) is 25.3 Å². The van der Waals surface area contributed by atoms with Crippen LogP contribution in [0.15, 0.2) is 73.1 Å². The zero-order valence-corrected chi connectivity index (χ0v) is 18.2. The molecule has 3 aromatic rings. The van der Waals surface area contributed by atoms with Crippen molar-refractivity contribution in [3.63, 3.8) is 0 Å². The van der Waals surface area contributed by atoms with Gasteiger partial charge in [-0.1, -0.05) is 24.3 Å². The second-order valence-electron chi connectivity index (χ2n) is 7.67.